The number of hydrogen-bond donors (Lipinski definition) is 0. The molecule has 0 saturated heterocycles. The van der Waals surface area contributed by atoms with Crippen molar-refractivity contribution in [2.45, 2.75) is 5.92 Å². The molecular formula is C16H12IN. The molecule has 88 valence electrons. The van der Waals surface area contributed by atoms with Crippen LogP contribution in [0.2, 0.25) is 0 Å². The van der Waals surface area contributed by atoms with Crippen molar-refractivity contribution in [3.63, 3.8) is 0 Å². The Morgan fingerprint density at radius 1 is 1.06 bits per heavy atom. The summed E-state index contributed by atoms with van der Waals surface area (Å²) in [6.07, 6.45) is 4.61. The Balaban J connectivity index is 2.15. The van der Waals surface area contributed by atoms with Crippen molar-refractivity contribution < 1.29 is 0 Å². The second kappa shape index (κ2) is 3.60. The van der Waals surface area contributed by atoms with Gasteiger partial charge in [-0.25, -0.2) is 0 Å². The van der Waals surface area contributed by atoms with Gasteiger partial charge in [-0.1, -0.05) is 24.3 Å². The molecule has 3 aliphatic rings. The first kappa shape index (κ1) is 10.6. The standard InChI is InChI=1S/C16H12IN/c1-18-11-4-2-10(3-5-11)12-6-7-13-15(18)9-8-14(17)16(12)13/h2-9,12H,1H3. The van der Waals surface area contributed by atoms with Gasteiger partial charge in [-0.3, -0.25) is 0 Å². The Morgan fingerprint density at radius 2 is 1.83 bits per heavy atom. The smallest absolute Gasteiger partial charge is 0.0485 e. The molecule has 2 aromatic carbocycles. The fourth-order valence-electron chi connectivity index (χ4n) is 2.99. The summed E-state index contributed by atoms with van der Waals surface area (Å²) in [5.74, 6) is 0.424. The van der Waals surface area contributed by atoms with Gasteiger partial charge in [0.1, 0.15) is 0 Å². The summed E-state index contributed by atoms with van der Waals surface area (Å²) < 4.78 is 1.36. The van der Waals surface area contributed by atoms with Crippen LogP contribution in [0.1, 0.15) is 22.6 Å². The molecular weight excluding hydrogens is 333 g/mol. The van der Waals surface area contributed by atoms with Crippen LogP contribution in [-0.4, -0.2) is 7.05 Å². The summed E-state index contributed by atoms with van der Waals surface area (Å²) in [4.78, 5) is 2.27. The van der Waals surface area contributed by atoms with E-state index in [2.05, 4.69) is 83.1 Å². The lowest BCUT2D eigenvalue weighted by atomic mass is 9.93. The Kier molecular flexibility index (Phi) is 2.13. The highest BCUT2D eigenvalue weighted by Gasteiger charge is 2.26. The number of fused-ring (bicyclic) bond motifs is 2. The first-order valence-electron chi connectivity index (χ1n) is 6.10. The van der Waals surface area contributed by atoms with Gasteiger partial charge in [0, 0.05) is 33.5 Å². The molecule has 1 unspecified atom stereocenters. The van der Waals surface area contributed by atoms with E-state index in [1.54, 1.807) is 0 Å². The van der Waals surface area contributed by atoms with E-state index >= 15 is 0 Å². The Hall–Kier alpha value is -1.29. The van der Waals surface area contributed by atoms with Crippen LogP contribution in [-0.2, 0) is 0 Å². The van der Waals surface area contributed by atoms with Gasteiger partial charge in [0.25, 0.3) is 0 Å². The number of rotatable bonds is 0. The van der Waals surface area contributed by atoms with Gasteiger partial charge in [-0.2, -0.15) is 0 Å². The largest absolute Gasteiger partial charge is 0.344 e. The highest BCUT2D eigenvalue weighted by atomic mass is 127. The molecule has 0 spiro atoms. The SMILES string of the molecule is CN1c2ccc(cc2)C2C=Cc3c1ccc(I)c32. The van der Waals surface area contributed by atoms with Crippen LogP contribution in [0, 0.1) is 3.57 Å². The van der Waals surface area contributed by atoms with Crippen LogP contribution in [0.4, 0.5) is 11.4 Å². The summed E-state index contributed by atoms with van der Waals surface area (Å²) in [6.45, 7) is 0. The molecule has 0 N–H and O–H groups in total. The van der Waals surface area contributed by atoms with E-state index in [0.29, 0.717) is 5.92 Å². The van der Waals surface area contributed by atoms with Crippen molar-refractivity contribution in [3.8, 4) is 0 Å². The zero-order chi connectivity index (χ0) is 12.3. The maximum Gasteiger partial charge on any atom is 0.0485 e. The lowest BCUT2D eigenvalue weighted by Gasteiger charge is -2.22. The van der Waals surface area contributed by atoms with E-state index in [-0.39, 0.29) is 0 Å². The molecule has 2 heterocycles. The first-order valence-corrected chi connectivity index (χ1v) is 7.18. The normalized spacial score (nSPS) is 18.8. The van der Waals surface area contributed by atoms with Crippen molar-refractivity contribution in [2.24, 2.45) is 0 Å². The van der Waals surface area contributed by atoms with Gasteiger partial charge >= 0.3 is 0 Å². The quantitative estimate of drug-likeness (QED) is 0.634. The molecule has 18 heavy (non-hydrogen) atoms. The fraction of sp³-hybridized carbons (Fsp3) is 0.125. The summed E-state index contributed by atoms with van der Waals surface area (Å²) in [7, 11) is 2.14. The van der Waals surface area contributed by atoms with Gasteiger partial charge in [0.2, 0.25) is 0 Å². The third kappa shape index (κ3) is 1.27. The Labute approximate surface area is 120 Å². The van der Waals surface area contributed by atoms with Crippen LogP contribution >= 0.6 is 22.6 Å². The number of hydrogen-bond acceptors (Lipinski definition) is 1. The summed E-state index contributed by atoms with van der Waals surface area (Å²) in [5, 5.41) is 0. The number of allylic oxidation sites excluding steroid dienone is 1. The Bertz CT molecular complexity index is 670. The zero-order valence-electron chi connectivity index (χ0n) is 10.0. The van der Waals surface area contributed by atoms with Gasteiger partial charge < -0.3 is 4.90 Å². The third-order valence-electron chi connectivity index (χ3n) is 3.98. The molecule has 1 nitrogen and oxygen atoms in total. The van der Waals surface area contributed by atoms with E-state index in [1.165, 1.54) is 31.6 Å². The highest BCUT2D eigenvalue weighted by molar-refractivity contribution is 14.1. The second-order valence-corrected chi connectivity index (χ2v) is 6.04. The van der Waals surface area contributed by atoms with E-state index in [1.807, 2.05) is 0 Å². The van der Waals surface area contributed by atoms with Crippen LogP contribution in [0.3, 0.4) is 0 Å². The summed E-state index contributed by atoms with van der Waals surface area (Å²) >= 11 is 2.45. The average Bonchev–Trinajstić information content (AvgIpc) is 2.85. The molecule has 2 aliphatic heterocycles. The Morgan fingerprint density at radius 3 is 2.61 bits per heavy atom. The molecule has 0 fully saturated rings. The van der Waals surface area contributed by atoms with E-state index in [9.17, 15) is 0 Å². The van der Waals surface area contributed by atoms with Crippen molar-refractivity contribution >= 4 is 40.0 Å². The molecule has 2 heteroatoms. The van der Waals surface area contributed by atoms with Crippen LogP contribution in [0.15, 0.2) is 42.5 Å². The molecule has 0 amide bonds. The van der Waals surface area contributed by atoms with Crippen molar-refractivity contribution in [3.05, 3.63) is 62.7 Å². The molecule has 2 aromatic rings. The van der Waals surface area contributed by atoms with Gasteiger partial charge in [0.15, 0.2) is 0 Å². The minimum absolute atomic E-state index is 0.424. The predicted molar refractivity (Wildman–Crippen MR) is 84.5 cm³/mol. The second-order valence-electron chi connectivity index (χ2n) is 4.88. The molecule has 0 saturated carbocycles. The number of halogens is 1. The number of nitrogens with zero attached hydrogens (tertiary/aromatic N) is 1. The topological polar surface area (TPSA) is 3.24 Å². The monoisotopic (exact) mass is 345 g/mol. The zero-order valence-corrected chi connectivity index (χ0v) is 12.2. The molecule has 0 aromatic heterocycles. The van der Waals surface area contributed by atoms with E-state index in [4.69, 9.17) is 0 Å². The lowest BCUT2D eigenvalue weighted by Crippen LogP contribution is -2.10. The van der Waals surface area contributed by atoms with Crippen LogP contribution in [0.5, 0.6) is 0 Å². The highest BCUT2D eigenvalue weighted by Crippen LogP contribution is 2.45. The molecule has 1 atom stereocenters. The molecule has 6 bridgehead atoms. The fourth-order valence-corrected chi connectivity index (χ4v) is 3.80. The van der Waals surface area contributed by atoms with Gasteiger partial charge in [-0.15, -0.1) is 0 Å². The van der Waals surface area contributed by atoms with Crippen LogP contribution in [0.25, 0.3) is 6.08 Å². The predicted octanol–water partition coefficient (Wildman–Crippen LogP) is 4.53. The maximum absolute atomic E-state index is 2.45. The van der Waals surface area contributed by atoms with E-state index < -0.39 is 0 Å². The first-order chi connectivity index (χ1) is 8.75. The van der Waals surface area contributed by atoms with E-state index in [0.717, 1.165) is 0 Å². The maximum atomic E-state index is 2.45. The third-order valence-corrected chi connectivity index (χ3v) is 4.92. The van der Waals surface area contributed by atoms with Crippen molar-refractivity contribution in [2.75, 3.05) is 11.9 Å². The molecule has 0 radical (unpaired) electrons. The van der Waals surface area contributed by atoms with Crippen LogP contribution < -0.4 is 4.90 Å². The summed E-state index contributed by atoms with van der Waals surface area (Å²) in [5.41, 5.74) is 6.79. The molecule has 5 rings (SSSR count). The van der Waals surface area contributed by atoms with Gasteiger partial charge in [0.05, 0.1) is 0 Å². The number of benzene rings is 2. The number of anilines is 2. The van der Waals surface area contributed by atoms with Gasteiger partial charge in [-0.05, 0) is 58.0 Å². The average molecular weight is 345 g/mol. The minimum Gasteiger partial charge on any atom is -0.344 e. The lowest BCUT2D eigenvalue weighted by molar-refractivity contribution is 1.04. The molecule has 1 aliphatic carbocycles. The minimum atomic E-state index is 0.424. The summed E-state index contributed by atoms with van der Waals surface area (Å²) in [6, 6.07) is 13.4. The van der Waals surface area contributed by atoms with Crippen molar-refractivity contribution in [1.29, 1.82) is 0 Å². The van der Waals surface area contributed by atoms with Crippen molar-refractivity contribution in [1.82, 2.24) is 0 Å².